The van der Waals surface area contributed by atoms with E-state index in [1.807, 2.05) is 66.1 Å². The van der Waals surface area contributed by atoms with Gasteiger partial charge in [0.1, 0.15) is 12.4 Å². The van der Waals surface area contributed by atoms with Crippen LogP contribution in [0.3, 0.4) is 0 Å². The van der Waals surface area contributed by atoms with Crippen LogP contribution in [0.15, 0.2) is 78.9 Å². The predicted molar refractivity (Wildman–Crippen MR) is 114 cm³/mol. The summed E-state index contributed by atoms with van der Waals surface area (Å²) in [5.74, 6) is -0.666. The van der Waals surface area contributed by atoms with Crippen LogP contribution in [0, 0.1) is 6.92 Å². The van der Waals surface area contributed by atoms with Crippen LogP contribution >= 0.6 is 11.6 Å². The Morgan fingerprint density at radius 2 is 1.81 bits per heavy atom. The molecule has 2 aromatic carbocycles. The van der Waals surface area contributed by atoms with E-state index in [0.29, 0.717) is 23.1 Å². The third kappa shape index (κ3) is 5.20. The number of carboxylic acid groups (broad SMARTS) is 1. The first-order chi connectivity index (χ1) is 14.5. The molecule has 150 valence electrons. The summed E-state index contributed by atoms with van der Waals surface area (Å²) >= 11 is 6.30. The SMILES string of the molecule is Cc1ccc(-c2cccc(C(=O)[O-])n2)n1-c1cc(Cl)ccc1OCc1ccccc1.[Na+]. The van der Waals surface area contributed by atoms with Gasteiger partial charge in [-0.15, -0.1) is 0 Å². The minimum atomic E-state index is -1.32. The van der Waals surface area contributed by atoms with Crippen molar-refractivity contribution in [3.63, 3.8) is 0 Å². The van der Waals surface area contributed by atoms with Gasteiger partial charge in [0, 0.05) is 10.7 Å². The van der Waals surface area contributed by atoms with E-state index in [0.717, 1.165) is 22.6 Å². The molecular weight excluding hydrogens is 423 g/mol. The summed E-state index contributed by atoms with van der Waals surface area (Å²) in [5.41, 5.74) is 3.84. The largest absolute Gasteiger partial charge is 1.00 e. The van der Waals surface area contributed by atoms with Crippen molar-refractivity contribution in [2.75, 3.05) is 0 Å². The number of aromatic carboxylic acids is 1. The van der Waals surface area contributed by atoms with Gasteiger partial charge in [-0.3, -0.25) is 0 Å². The molecule has 4 aromatic rings. The molecule has 4 rings (SSSR count). The van der Waals surface area contributed by atoms with Crippen molar-refractivity contribution in [3.8, 4) is 22.8 Å². The van der Waals surface area contributed by atoms with Crippen molar-refractivity contribution >= 4 is 17.6 Å². The summed E-state index contributed by atoms with van der Waals surface area (Å²) in [6.07, 6.45) is 0. The molecule has 0 radical (unpaired) electrons. The molecule has 0 unspecified atom stereocenters. The fourth-order valence-corrected chi connectivity index (χ4v) is 3.44. The number of aromatic nitrogens is 2. The molecule has 0 fully saturated rings. The fraction of sp³-hybridized carbons (Fsp3) is 0.0833. The van der Waals surface area contributed by atoms with E-state index < -0.39 is 5.97 Å². The molecule has 0 saturated heterocycles. The number of hydrogen-bond acceptors (Lipinski definition) is 4. The van der Waals surface area contributed by atoms with E-state index in [9.17, 15) is 9.90 Å². The van der Waals surface area contributed by atoms with Gasteiger partial charge in [0.2, 0.25) is 0 Å². The van der Waals surface area contributed by atoms with E-state index >= 15 is 0 Å². The molecule has 0 amide bonds. The first-order valence-electron chi connectivity index (χ1n) is 9.37. The van der Waals surface area contributed by atoms with E-state index in [2.05, 4.69) is 4.98 Å². The molecule has 7 heteroatoms. The number of carboxylic acids is 1. The quantitative estimate of drug-likeness (QED) is 0.426. The summed E-state index contributed by atoms with van der Waals surface area (Å²) in [6, 6.07) is 23.9. The Balaban J connectivity index is 0.00000272. The van der Waals surface area contributed by atoms with E-state index in [1.54, 1.807) is 18.2 Å². The zero-order chi connectivity index (χ0) is 21.1. The molecule has 31 heavy (non-hydrogen) atoms. The van der Waals surface area contributed by atoms with Crippen LogP contribution < -0.4 is 39.4 Å². The Bertz CT molecular complexity index is 1210. The molecule has 2 aromatic heterocycles. The van der Waals surface area contributed by atoms with Crippen molar-refractivity contribution in [2.24, 2.45) is 0 Å². The molecule has 5 nitrogen and oxygen atoms in total. The third-order valence-electron chi connectivity index (χ3n) is 4.70. The Hall–Kier alpha value is -2.57. The topological polar surface area (TPSA) is 67.2 Å². The number of aryl methyl sites for hydroxylation is 1. The number of benzene rings is 2. The van der Waals surface area contributed by atoms with E-state index in [-0.39, 0.29) is 35.3 Å². The molecular formula is C24H18ClN2NaO3. The maximum absolute atomic E-state index is 11.2. The Labute approximate surface area is 207 Å². The van der Waals surface area contributed by atoms with Gasteiger partial charge in [0.25, 0.3) is 0 Å². The first-order valence-corrected chi connectivity index (χ1v) is 9.74. The van der Waals surface area contributed by atoms with Crippen molar-refractivity contribution in [2.45, 2.75) is 13.5 Å². The molecule has 0 saturated carbocycles. The summed E-state index contributed by atoms with van der Waals surface area (Å²) in [4.78, 5) is 15.5. The number of hydrogen-bond donors (Lipinski definition) is 0. The maximum atomic E-state index is 11.2. The van der Waals surface area contributed by atoms with Crippen LogP contribution in [0.4, 0.5) is 0 Å². The summed E-state index contributed by atoms with van der Waals surface area (Å²) < 4.78 is 8.06. The molecule has 0 aliphatic heterocycles. The average Bonchev–Trinajstić information content (AvgIpc) is 3.15. The molecule has 0 aliphatic rings. The van der Waals surface area contributed by atoms with Crippen LogP contribution in [0.2, 0.25) is 5.02 Å². The standard InChI is InChI=1S/C24H19ClN2O3.Na/c1-16-10-12-21(19-8-5-9-20(26-19)24(28)29)27(16)22-14-18(25)11-13-23(22)30-15-17-6-3-2-4-7-17;/h2-14H,15H2,1H3,(H,28,29);/q;+1/p-1. The molecule has 0 spiro atoms. The molecule has 2 heterocycles. The molecule has 0 atom stereocenters. The van der Waals surface area contributed by atoms with Crippen molar-refractivity contribution in [1.29, 1.82) is 0 Å². The van der Waals surface area contributed by atoms with E-state index in [1.165, 1.54) is 6.07 Å². The summed E-state index contributed by atoms with van der Waals surface area (Å²) in [7, 11) is 0. The second kappa shape index (κ2) is 10.2. The zero-order valence-electron chi connectivity index (χ0n) is 17.2. The van der Waals surface area contributed by atoms with Gasteiger partial charge < -0.3 is 19.2 Å². The average molecular weight is 441 g/mol. The number of pyridine rings is 1. The molecule has 0 aliphatic carbocycles. The van der Waals surface area contributed by atoms with Crippen LogP contribution in [0.1, 0.15) is 21.7 Å². The van der Waals surface area contributed by atoms with Crippen LogP contribution in [0.5, 0.6) is 5.75 Å². The third-order valence-corrected chi connectivity index (χ3v) is 4.93. The summed E-state index contributed by atoms with van der Waals surface area (Å²) in [5, 5.41) is 11.8. The van der Waals surface area contributed by atoms with E-state index in [4.69, 9.17) is 16.3 Å². The minimum absolute atomic E-state index is 0. The van der Waals surface area contributed by atoms with Crippen LogP contribution in [-0.2, 0) is 6.61 Å². The Morgan fingerprint density at radius 1 is 1.03 bits per heavy atom. The number of carbonyl (C=O) groups is 1. The maximum Gasteiger partial charge on any atom is 1.00 e. The second-order valence-corrected chi connectivity index (χ2v) is 7.21. The van der Waals surface area contributed by atoms with Crippen LogP contribution in [-0.4, -0.2) is 15.5 Å². The number of nitrogens with zero attached hydrogens (tertiary/aromatic N) is 2. The predicted octanol–water partition coefficient (Wildman–Crippen LogP) is 1.45. The summed E-state index contributed by atoms with van der Waals surface area (Å²) in [6.45, 7) is 2.36. The monoisotopic (exact) mass is 440 g/mol. The first kappa shape index (κ1) is 23.1. The smallest absolute Gasteiger partial charge is 0.543 e. The van der Waals surface area contributed by atoms with Crippen molar-refractivity contribution in [1.82, 2.24) is 9.55 Å². The van der Waals surface area contributed by atoms with Gasteiger partial charge >= 0.3 is 29.6 Å². The van der Waals surface area contributed by atoms with Gasteiger partial charge in [-0.05, 0) is 55.0 Å². The van der Waals surface area contributed by atoms with Crippen molar-refractivity contribution < 1.29 is 44.2 Å². The second-order valence-electron chi connectivity index (χ2n) is 6.78. The van der Waals surface area contributed by atoms with Gasteiger partial charge in [-0.2, -0.15) is 0 Å². The van der Waals surface area contributed by atoms with Gasteiger partial charge in [-0.25, -0.2) is 4.98 Å². The molecule has 0 bridgehead atoms. The number of carbonyl (C=O) groups excluding carboxylic acids is 1. The number of ether oxygens (including phenoxy) is 1. The number of halogens is 1. The number of rotatable bonds is 6. The normalized spacial score (nSPS) is 10.4. The Morgan fingerprint density at radius 3 is 2.55 bits per heavy atom. The fourth-order valence-electron chi connectivity index (χ4n) is 3.27. The zero-order valence-corrected chi connectivity index (χ0v) is 20.0. The van der Waals surface area contributed by atoms with Crippen molar-refractivity contribution in [3.05, 3.63) is 101 Å². The van der Waals surface area contributed by atoms with Gasteiger partial charge in [0.15, 0.2) is 0 Å². The minimum Gasteiger partial charge on any atom is -0.543 e. The van der Waals surface area contributed by atoms with Crippen LogP contribution in [0.25, 0.3) is 17.1 Å². The molecule has 0 N–H and O–H groups in total. The van der Waals surface area contributed by atoms with Gasteiger partial charge in [-0.1, -0.05) is 48.0 Å². The van der Waals surface area contributed by atoms with Gasteiger partial charge in [0.05, 0.1) is 28.7 Å². The Kier molecular flexibility index (Phi) is 7.57.